The fourth-order valence-corrected chi connectivity index (χ4v) is 6.31. The second-order valence-electron chi connectivity index (χ2n) is 9.00. The first-order valence-electron chi connectivity index (χ1n) is 12.3. The molecule has 5 rings (SSSR count). The van der Waals surface area contributed by atoms with Crippen LogP contribution in [0.1, 0.15) is 5.56 Å². The van der Waals surface area contributed by atoms with Gasteiger partial charge in [0, 0.05) is 15.6 Å². The highest BCUT2D eigenvalue weighted by Crippen LogP contribution is 2.40. The normalized spacial score (nSPS) is 13.5. The molecular weight excluding hydrogens is 582 g/mol. The second kappa shape index (κ2) is 11.7. The van der Waals surface area contributed by atoms with Crippen molar-refractivity contribution in [3.05, 3.63) is 118 Å². The van der Waals surface area contributed by atoms with E-state index >= 15 is 0 Å². The molecule has 2 amide bonds. The summed E-state index contributed by atoms with van der Waals surface area (Å²) in [5.41, 5.74) is 2.26. The van der Waals surface area contributed by atoms with E-state index < -0.39 is 21.8 Å². The van der Waals surface area contributed by atoms with Gasteiger partial charge in [-0.2, -0.15) is 0 Å². The summed E-state index contributed by atoms with van der Waals surface area (Å²) in [4.78, 5) is 29.2. The van der Waals surface area contributed by atoms with Gasteiger partial charge in [0.1, 0.15) is 16.4 Å². The molecule has 1 aliphatic rings. The zero-order valence-electron chi connectivity index (χ0n) is 21.9. The Kier molecular flexibility index (Phi) is 8.07. The van der Waals surface area contributed by atoms with Crippen molar-refractivity contribution in [1.82, 2.24) is 0 Å². The molecule has 11 heteroatoms. The lowest BCUT2D eigenvalue weighted by Gasteiger charge is -2.16. The first-order chi connectivity index (χ1) is 19.7. The van der Waals surface area contributed by atoms with E-state index in [0.717, 1.165) is 22.2 Å². The number of imide groups is 1. The standard InChI is InChI=1S/C30H24ClN3O5S2/c1-19-11-16-26(39-2)25(17-19)32-27-28(30(36)34(29(27)35)22-8-4-3-5-9-22)40-23-10-6-7-21(18-23)33-41(37,38)24-14-12-20(31)13-15-24/h3-18,32-33H,1-2H3. The lowest BCUT2D eigenvalue weighted by molar-refractivity contribution is -0.120. The number of aryl methyl sites for hydroxylation is 1. The van der Waals surface area contributed by atoms with E-state index in [1.807, 2.05) is 19.1 Å². The number of amides is 2. The largest absolute Gasteiger partial charge is 0.495 e. The van der Waals surface area contributed by atoms with Gasteiger partial charge in [-0.3, -0.25) is 14.3 Å². The molecule has 0 spiro atoms. The predicted octanol–water partition coefficient (Wildman–Crippen LogP) is 6.45. The molecule has 0 aliphatic carbocycles. The molecule has 1 aliphatic heterocycles. The monoisotopic (exact) mass is 605 g/mol. The number of methoxy groups -OCH3 is 1. The van der Waals surface area contributed by atoms with Crippen LogP contribution in [0.5, 0.6) is 5.75 Å². The van der Waals surface area contributed by atoms with Crippen LogP contribution in [0.2, 0.25) is 5.02 Å². The molecule has 4 aromatic carbocycles. The fraction of sp³-hybridized carbons (Fsp3) is 0.0667. The maximum absolute atomic E-state index is 13.7. The van der Waals surface area contributed by atoms with Gasteiger partial charge in [-0.1, -0.05) is 53.7 Å². The van der Waals surface area contributed by atoms with Gasteiger partial charge in [0.05, 0.1) is 23.4 Å². The minimum atomic E-state index is -3.89. The molecule has 4 aromatic rings. The van der Waals surface area contributed by atoms with E-state index in [9.17, 15) is 18.0 Å². The molecule has 0 atom stereocenters. The number of halogens is 1. The van der Waals surface area contributed by atoms with E-state index in [1.54, 1.807) is 60.7 Å². The number of hydrogen-bond acceptors (Lipinski definition) is 7. The molecular formula is C30H24ClN3O5S2. The smallest absolute Gasteiger partial charge is 0.283 e. The number of hydrogen-bond donors (Lipinski definition) is 2. The summed E-state index contributed by atoms with van der Waals surface area (Å²) in [5.74, 6) is -0.524. The van der Waals surface area contributed by atoms with Crippen LogP contribution < -0.4 is 19.7 Å². The first kappa shape index (κ1) is 28.3. The number of rotatable bonds is 9. The number of nitrogens with zero attached hydrogens (tertiary/aromatic N) is 1. The summed E-state index contributed by atoms with van der Waals surface area (Å²) in [6, 6.07) is 26.5. The number of ether oxygens (including phenoxy) is 1. The highest BCUT2D eigenvalue weighted by molar-refractivity contribution is 8.04. The third-order valence-corrected chi connectivity index (χ3v) is 8.82. The van der Waals surface area contributed by atoms with Crippen LogP contribution in [0, 0.1) is 6.92 Å². The molecule has 2 N–H and O–H groups in total. The molecule has 1 heterocycles. The molecule has 8 nitrogen and oxygen atoms in total. The Morgan fingerprint density at radius 1 is 0.854 bits per heavy atom. The van der Waals surface area contributed by atoms with Crippen LogP contribution in [0.15, 0.2) is 117 Å². The molecule has 0 unspecified atom stereocenters. The van der Waals surface area contributed by atoms with Crippen LogP contribution >= 0.6 is 23.4 Å². The van der Waals surface area contributed by atoms with Crippen molar-refractivity contribution in [2.45, 2.75) is 16.7 Å². The number of anilines is 3. The number of carbonyl (C=O) groups is 2. The molecule has 0 saturated carbocycles. The van der Waals surface area contributed by atoms with Gasteiger partial charge in [0.25, 0.3) is 21.8 Å². The van der Waals surface area contributed by atoms with Crippen LogP contribution in [0.4, 0.5) is 17.1 Å². The third kappa shape index (κ3) is 6.09. The Balaban J connectivity index is 1.50. The van der Waals surface area contributed by atoms with Gasteiger partial charge < -0.3 is 10.1 Å². The summed E-state index contributed by atoms with van der Waals surface area (Å²) in [7, 11) is -2.36. The van der Waals surface area contributed by atoms with Crippen molar-refractivity contribution in [2.75, 3.05) is 22.0 Å². The van der Waals surface area contributed by atoms with Crippen molar-refractivity contribution >= 4 is 62.3 Å². The zero-order valence-corrected chi connectivity index (χ0v) is 24.3. The number of thioether (sulfide) groups is 1. The van der Waals surface area contributed by atoms with E-state index in [1.165, 1.54) is 31.4 Å². The van der Waals surface area contributed by atoms with Crippen LogP contribution in [-0.2, 0) is 19.6 Å². The lowest BCUT2D eigenvalue weighted by Crippen LogP contribution is -2.32. The number of carbonyl (C=O) groups excluding carboxylic acids is 2. The quantitative estimate of drug-likeness (QED) is 0.211. The third-order valence-electron chi connectivity index (χ3n) is 6.10. The summed E-state index contributed by atoms with van der Waals surface area (Å²) in [5, 5.41) is 3.55. The maximum Gasteiger partial charge on any atom is 0.283 e. The SMILES string of the molecule is COc1ccc(C)cc1NC1=C(Sc2cccc(NS(=O)(=O)c3ccc(Cl)cc3)c2)C(=O)N(c2ccccc2)C1=O. The van der Waals surface area contributed by atoms with Crippen LogP contribution in [-0.4, -0.2) is 27.3 Å². The Morgan fingerprint density at radius 3 is 2.29 bits per heavy atom. The molecule has 0 fully saturated rings. The molecule has 208 valence electrons. The molecule has 0 radical (unpaired) electrons. The first-order valence-corrected chi connectivity index (χ1v) is 15.0. The summed E-state index contributed by atoms with van der Waals surface area (Å²) >= 11 is 6.95. The number of nitrogens with one attached hydrogen (secondary N) is 2. The topological polar surface area (TPSA) is 105 Å². The second-order valence-corrected chi connectivity index (χ2v) is 12.2. The zero-order chi connectivity index (χ0) is 29.1. The number of sulfonamides is 1. The molecule has 0 bridgehead atoms. The number of benzene rings is 4. The van der Waals surface area contributed by atoms with Gasteiger partial charge in [0.2, 0.25) is 0 Å². The number of para-hydroxylation sites is 1. The van der Waals surface area contributed by atoms with Crippen LogP contribution in [0.3, 0.4) is 0 Å². The van der Waals surface area contributed by atoms with Crippen molar-refractivity contribution in [3.63, 3.8) is 0 Å². The van der Waals surface area contributed by atoms with Crippen molar-refractivity contribution in [2.24, 2.45) is 0 Å². The molecule has 0 saturated heterocycles. The Morgan fingerprint density at radius 2 is 1.59 bits per heavy atom. The predicted molar refractivity (Wildman–Crippen MR) is 162 cm³/mol. The Hall–Kier alpha value is -4.25. The Bertz CT molecular complexity index is 1780. The summed E-state index contributed by atoms with van der Waals surface area (Å²) < 4.78 is 33.8. The minimum Gasteiger partial charge on any atom is -0.495 e. The van der Waals surface area contributed by atoms with Gasteiger partial charge in [-0.15, -0.1) is 0 Å². The summed E-state index contributed by atoms with van der Waals surface area (Å²) in [6.07, 6.45) is 0. The fourth-order valence-electron chi connectivity index (χ4n) is 4.15. The maximum atomic E-state index is 13.7. The van der Waals surface area contributed by atoms with Gasteiger partial charge in [-0.05, 0) is 79.2 Å². The van der Waals surface area contributed by atoms with Gasteiger partial charge in [-0.25, -0.2) is 13.3 Å². The molecule has 0 aromatic heterocycles. The Labute approximate surface area is 247 Å². The van der Waals surface area contributed by atoms with Crippen molar-refractivity contribution < 1.29 is 22.7 Å². The van der Waals surface area contributed by atoms with Crippen LogP contribution in [0.25, 0.3) is 0 Å². The van der Waals surface area contributed by atoms with Gasteiger partial charge in [0.15, 0.2) is 0 Å². The highest BCUT2D eigenvalue weighted by atomic mass is 35.5. The molecule has 41 heavy (non-hydrogen) atoms. The highest BCUT2D eigenvalue weighted by Gasteiger charge is 2.40. The van der Waals surface area contributed by atoms with Crippen molar-refractivity contribution in [3.8, 4) is 5.75 Å². The van der Waals surface area contributed by atoms with E-state index in [2.05, 4.69) is 10.0 Å². The lowest BCUT2D eigenvalue weighted by atomic mass is 10.2. The van der Waals surface area contributed by atoms with E-state index in [4.69, 9.17) is 16.3 Å². The summed E-state index contributed by atoms with van der Waals surface area (Å²) in [6.45, 7) is 1.91. The van der Waals surface area contributed by atoms with Crippen molar-refractivity contribution in [1.29, 1.82) is 0 Å². The average Bonchev–Trinajstić information content (AvgIpc) is 3.17. The van der Waals surface area contributed by atoms with E-state index in [0.29, 0.717) is 27.0 Å². The van der Waals surface area contributed by atoms with E-state index in [-0.39, 0.29) is 21.2 Å². The minimum absolute atomic E-state index is 0.0522. The average molecular weight is 606 g/mol. The van der Waals surface area contributed by atoms with Gasteiger partial charge >= 0.3 is 0 Å².